The minimum Gasteiger partial charge on any atom is -0.496 e. The smallest absolute Gasteiger partial charge is 0.122 e. The van der Waals surface area contributed by atoms with Crippen LogP contribution in [-0.4, -0.2) is 13.2 Å². The van der Waals surface area contributed by atoms with E-state index in [4.69, 9.17) is 10.5 Å². The molecule has 0 bridgehead atoms. The van der Waals surface area contributed by atoms with Gasteiger partial charge in [-0.25, -0.2) is 0 Å². The zero-order valence-corrected chi connectivity index (χ0v) is 10.8. The maximum Gasteiger partial charge on any atom is 0.122 e. The van der Waals surface area contributed by atoms with Gasteiger partial charge in [0.1, 0.15) is 5.75 Å². The molecular weight excluding hydrogens is 198 g/mol. The van der Waals surface area contributed by atoms with E-state index in [9.17, 15) is 0 Å². The molecule has 0 radical (unpaired) electrons. The third-order valence-electron chi connectivity index (χ3n) is 2.55. The summed E-state index contributed by atoms with van der Waals surface area (Å²) in [5.74, 6) is 0.937. The van der Waals surface area contributed by atoms with Crippen LogP contribution in [0.4, 0.5) is 0 Å². The minimum absolute atomic E-state index is 0.191. The Morgan fingerprint density at radius 2 is 1.88 bits per heavy atom. The van der Waals surface area contributed by atoms with Crippen molar-refractivity contribution >= 4 is 0 Å². The molecule has 0 heterocycles. The maximum atomic E-state index is 6.16. The number of benzene rings is 1. The van der Waals surface area contributed by atoms with E-state index >= 15 is 0 Å². The molecule has 0 aliphatic carbocycles. The molecule has 2 heteroatoms. The van der Waals surface area contributed by atoms with E-state index in [0.717, 1.165) is 18.6 Å². The Labute approximate surface area is 98.8 Å². The van der Waals surface area contributed by atoms with Gasteiger partial charge in [0.15, 0.2) is 0 Å². The molecule has 0 spiro atoms. The van der Waals surface area contributed by atoms with E-state index in [2.05, 4.69) is 26.8 Å². The van der Waals surface area contributed by atoms with Crippen molar-refractivity contribution in [2.45, 2.75) is 39.7 Å². The average Bonchev–Trinajstić information content (AvgIpc) is 2.15. The Balaban J connectivity index is 2.65. The van der Waals surface area contributed by atoms with Crippen molar-refractivity contribution in [3.63, 3.8) is 0 Å². The third kappa shape index (κ3) is 4.23. The molecule has 1 unspecified atom stereocenters. The second kappa shape index (κ2) is 5.35. The largest absolute Gasteiger partial charge is 0.496 e. The molecule has 0 aromatic heterocycles. The first-order valence-corrected chi connectivity index (χ1v) is 5.80. The number of methoxy groups -OCH3 is 1. The highest BCUT2D eigenvalue weighted by atomic mass is 16.5. The lowest BCUT2D eigenvalue weighted by Gasteiger charge is -2.23. The second-order valence-electron chi connectivity index (χ2n) is 5.54. The summed E-state index contributed by atoms with van der Waals surface area (Å²) in [7, 11) is 1.70. The first-order valence-electron chi connectivity index (χ1n) is 5.80. The highest BCUT2D eigenvalue weighted by Crippen LogP contribution is 2.24. The molecule has 0 saturated carbocycles. The van der Waals surface area contributed by atoms with E-state index in [0.29, 0.717) is 0 Å². The van der Waals surface area contributed by atoms with Crippen LogP contribution in [0.2, 0.25) is 0 Å². The maximum absolute atomic E-state index is 6.16. The van der Waals surface area contributed by atoms with Gasteiger partial charge < -0.3 is 10.5 Å². The van der Waals surface area contributed by atoms with E-state index in [-0.39, 0.29) is 11.5 Å². The van der Waals surface area contributed by atoms with E-state index in [1.54, 1.807) is 7.11 Å². The molecule has 2 nitrogen and oxygen atoms in total. The summed E-state index contributed by atoms with van der Waals surface area (Å²) < 4.78 is 5.32. The first kappa shape index (κ1) is 13.0. The summed E-state index contributed by atoms with van der Waals surface area (Å²) in [5.41, 5.74) is 7.64. The quantitative estimate of drug-likeness (QED) is 0.848. The first-order chi connectivity index (χ1) is 7.42. The van der Waals surface area contributed by atoms with E-state index in [1.807, 2.05) is 18.2 Å². The fraction of sp³-hybridized carbons (Fsp3) is 0.571. The van der Waals surface area contributed by atoms with Crippen molar-refractivity contribution < 1.29 is 4.74 Å². The van der Waals surface area contributed by atoms with Gasteiger partial charge >= 0.3 is 0 Å². The van der Waals surface area contributed by atoms with Crippen LogP contribution in [-0.2, 0) is 6.42 Å². The van der Waals surface area contributed by atoms with Crippen molar-refractivity contribution in [2.24, 2.45) is 11.1 Å². The Kier molecular flexibility index (Phi) is 4.36. The molecule has 1 rings (SSSR count). The molecule has 0 fully saturated rings. The van der Waals surface area contributed by atoms with Crippen LogP contribution in [0.1, 0.15) is 32.8 Å². The van der Waals surface area contributed by atoms with Gasteiger partial charge in [0.25, 0.3) is 0 Å². The predicted molar refractivity (Wildman–Crippen MR) is 68.7 cm³/mol. The fourth-order valence-corrected chi connectivity index (χ4v) is 2.01. The molecule has 0 saturated heterocycles. The number of para-hydroxylation sites is 1. The molecule has 0 amide bonds. The fourth-order valence-electron chi connectivity index (χ4n) is 2.01. The Hall–Kier alpha value is -1.02. The zero-order valence-electron chi connectivity index (χ0n) is 10.8. The van der Waals surface area contributed by atoms with E-state index in [1.165, 1.54) is 5.56 Å². The highest BCUT2D eigenvalue weighted by Gasteiger charge is 2.16. The molecule has 1 aromatic carbocycles. The van der Waals surface area contributed by atoms with Crippen molar-refractivity contribution in [3.05, 3.63) is 29.8 Å². The van der Waals surface area contributed by atoms with Gasteiger partial charge in [-0.05, 0) is 29.9 Å². The highest BCUT2D eigenvalue weighted by molar-refractivity contribution is 5.33. The van der Waals surface area contributed by atoms with Gasteiger partial charge in [-0.1, -0.05) is 39.0 Å². The molecule has 16 heavy (non-hydrogen) atoms. The molecular formula is C14H23NO. The number of nitrogens with two attached hydrogens (primary N) is 1. The van der Waals surface area contributed by atoms with Crippen LogP contribution in [0.5, 0.6) is 5.75 Å². The van der Waals surface area contributed by atoms with Crippen molar-refractivity contribution in [3.8, 4) is 5.75 Å². The summed E-state index contributed by atoms with van der Waals surface area (Å²) in [6.45, 7) is 6.65. The number of hydrogen-bond donors (Lipinski definition) is 1. The normalized spacial score (nSPS) is 13.6. The van der Waals surface area contributed by atoms with Gasteiger partial charge in [0, 0.05) is 6.04 Å². The van der Waals surface area contributed by atoms with Gasteiger partial charge in [-0.15, -0.1) is 0 Å². The van der Waals surface area contributed by atoms with Crippen molar-refractivity contribution in [2.75, 3.05) is 7.11 Å². The summed E-state index contributed by atoms with van der Waals surface area (Å²) in [6.07, 6.45) is 1.90. The van der Waals surface area contributed by atoms with Gasteiger partial charge in [-0.3, -0.25) is 0 Å². The zero-order chi connectivity index (χ0) is 12.2. The number of rotatable bonds is 4. The topological polar surface area (TPSA) is 35.2 Å². The minimum atomic E-state index is 0.191. The molecule has 0 aliphatic rings. The summed E-state index contributed by atoms with van der Waals surface area (Å²) in [4.78, 5) is 0. The standard InChI is InChI=1S/C14H23NO/c1-14(2,3)10-12(15)9-11-7-5-6-8-13(11)16-4/h5-8,12H,9-10,15H2,1-4H3. The Morgan fingerprint density at radius 3 is 2.44 bits per heavy atom. The number of hydrogen-bond acceptors (Lipinski definition) is 2. The Bertz CT molecular complexity index is 328. The van der Waals surface area contributed by atoms with Crippen molar-refractivity contribution in [1.82, 2.24) is 0 Å². The lowest BCUT2D eigenvalue weighted by atomic mass is 9.86. The lowest BCUT2D eigenvalue weighted by molar-refractivity contribution is 0.335. The van der Waals surface area contributed by atoms with Crippen LogP contribution in [0.15, 0.2) is 24.3 Å². The average molecular weight is 221 g/mol. The summed E-state index contributed by atoms with van der Waals surface area (Å²) in [6, 6.07) is 8.27. The Morgan fingerprint density at radius 1 is 1.25 bits per heavy atom. The molecule has 90 valence electrons. The predicted octanol–water partition coefficient (Wildman–Crippen LogP) is 3.00. The van der Waals surface area contributed by atoms with Gasteiger partial charge in [0.2, 0.25) is 0 Å². The monoisotopic (exact) mass is 221 g/mol. The second-order valence-corrected chi connectivity index (χ2v) is 5.54. The van der Waals surface area contributed by atoms with Crippen LogP contribution >= 0.6 is 0 Å². The van der Waals surface area contributed by atoms with Gasteiger partial charge in [0.05, 0.1) is 7.11 Å². The molecule has 0 aliphatic heterocycles. The molecule has 1 aromatic rings. The third-order valence-corrected chi connectivity index (χ3v) is 2.55. The molecule has 2 N–H and O–H groups in total. The SMILES string of the molecule is COc1ccccc1CC(N)CC(C)(C)C. The van der Waals surface area contributed by atoms with Crippen molar-refractivity contribution in [1.29, 1.82) is 0 Å². The van der Waals surface area contributed by atoms with E-state index < -0.39 is 0 Å². The van der Waals surface area contributed by atoms with Crippen LogP contribution in [0.3, 0.4) is 0 Å². The van der Waals surface area contributed by atoms with Crippen LogP contribution in [0.25, 0.3) is 0 Å². The van der Waals surface area contributed by atoms with Crippen LogP contribution in [0, 0.1) is 5.41 Å². The van der Waals surface area contributed by atoms with Crippen LogP contribution < -0.4 is 10.5 Å². The molecule has 1 atom stereocenters. The number of ether oxygens (including phenoxy) is 1. The summed E-state index contributed by atoms with van der Waals surface area (Å²) >= 11 is 0. The van der Waals surface area contributed by atoms with Gasteiger partial charge in [-0.2, -0.15) is 0 Å². The lowest BCUT2D eigenvalue weighted by Crippen LogP contribution is -2.28. The summed E-state index contributed by atoms with van der Waals surface area (Å²) in [5, 5.41) is 0.